The van der Waals surface area contributed by atoms with E-state index in [4.69, 9.17) is 23.2 Å². The first kappa shape index (κ1) is 22.1. The van der Waals surface area contributed by atoms with Gasteiger partial charge in [0.15, 0.2) is 5.82 Å². The van der Waals surface area contributed by atoms with E-state index in [1.807, 2.05) is 61.9 Å². The van der Waals surface area contributed by atoms with Crippen LogP contribution < -0.4 is 5.32 Å². The number of amides is 1. The van der Waals surface area contributed by atoms with Gasteiger partial charge in [-0.1, -0.05) is 41.4 Å². The molecule has 0 aliphatic carbocycles. The van der Waals surface area contributed by atoms with Gasteiger partial charge < -0.3 is 5.32 Å². The number of aromatic nitrogens is 4. The van der Waals surface area contributed by atoms with Crippen molar-refractivity contribution in [2.45, 2.75) is 33.9 Å². The lowest BCUT2D eigenvalue weighted by atomic mass is 10.1. The molecule has 0 saturated heterocycles. The number of nitrogens with one attached hydrogen (secondary N) is 1. The summed E-state index contributed by atoms with van der Waals surface area (Å²) >= 11 is 12.6. The first-order chi connectivity index (χ1) is 15.3. The second-order valence-corrected chi connectivity index (χ2v) is 8.58. The molecule has 164 valence electrons. The number of benzene rings is 2. The van der Waals surface area contributed by atoms with Crippen molar-refractivity contribution in [1.29, 1.82) is 0 Å². The minimum Gasteiger partial charge on any atom is -0.305 e. The molecule has 4 aromatic rings. The maximum Gasteiger partial charge on any atom is 0.256 e. The number of aryl methyl sites for hydroxylation is 3. The van der Waals surface area contributed by atoms with Crippen LogP contribution in [0.2, 0.25) is 10.0 Å². The van der Waals surface area contributed by atoms with Crippen molar-refractivity contribution < 1.29 is 4.79 Å². The zero-order chi connectivity index (χ0) is 22.8. The van der Waals surface area contributed by atoms with Crippen LogP contribution >= 0.6 is 23.2 Å². The Labute approximate surface area is 196 Å². The molecule has 32 heavy (non-hydrogen) atoms. The Morgan fingerprint density at radius 1 is 0.875 bits per heavy atom. The third kappa shape index (κ3) is 4.87. The van der Waals surface area contributed by atoms with Crippen LogP contribution in [0.25, 0.3) is 0 Å². The Kier molecular flexibility index (Phi) is 6.35. The summed E-state index contributed by atoms with van der Waals surface area (Å²) in [7, 11) is 0. The van der Waals surface area contributed by atoms with Gasteiger partial charge in [0, 0.05) is 38.6 Å². The average molecular weight is 468 g/mol. The molecule has 2 aromatic carbocycles. The SMILES string of the molecule is Cc1cc(C)n(Cc2ccc(C(=O)Nc3cc(C)n(Cc4c(Cl)cccc4Cl)n3)cc2)n1. The molecule has 0 atom stereocenters. The molecule has 2 aromatic heterocycles. The number of rotatable bonds is 6. The van der Waals surface area contributed by atoms with Gasteiger partial charge in [-0.25, -0.2) is 0 Å². The molecular formula is C24H23Cl2N5O. The van der Waals surface area contributed by atoms with Crippen LogP contribution in [-0.2, 0) is 13.1 Å². The lowest BCUT2D eigenvalue weighted by Crippen LogP contribution is -2.13. The summed E-state index contributed by atoms with van der Waals surface area (Å²) in [5.41, 5.74) is 5.40. The molecule has 0 aliphatic heterocycles. The van der Waals surface area contributed by atoms with Gasteiger partial charge in [0.25, 0.3) is 5.91 Å². The molecule has 0 radical (unpaired) electrons. The van der Waals surface area contributed by atoms with Gasteiger partial charge >= 0.3 is 0 Å². The van der Waals surface area contributed by atoms with E-state index in [0.717, 1.165) is 28.2 Å². The molecule has 6 nitrogen and oxygen atoms in total. The van der Waals surface area contributed by atoms with Crippen LogP contribution in [0.5, 0.6) is 0 Å². The highest BCUT2D eigenvalue weighted by Gasteiger charge is 2.13. The smallest absolute Gasteiger partial charge is 0.256 e. The fourth-order valence-corrected chi connectivity index (χ4v) is 4.04. The monoisotopic (exact) mass is 467 g/mol. The van der Waals surface area contributed by atoms with Crippen LogP contribution in [0.1, 0.15) is 38.6 Å². The number of hydrogen-bond acceptors (Lipinski definition) is 3. The third-order valence-electron chi connectivity index (χ3n) is 5.24. The molecule has 8 heteroatoms. The normalized spacial score (nSPS) is 11.0. The third-order valence-corrected chi connectivity index (χ3v) is 5.95. The van der Waals surface area contributed by atoms with Crippen molar-refractivity contribution in [3.63, 3.8) is 0 Å². The zero-order valence-corrected chi connectivity index (χ0v) is 19.6. The van der Waals surface area contributed by atoms with E-state index in [1.54, 1.807) is 22.9 Å². The Bertz CT molecular complexity index is 1250. The summed E-state index contributed by atoms with van der Waals surface area (Å²) in [6, 6.07) is 16.8. The fourth-order valence-electron chi connectivity index (χ4n) is 3.52. The van der Waals surface area contributed by atoms with Crippen molar-refractivity contribution in [3.05, 3.63) is 98.4 Å². The minimum absolute atomic E-state index is 0.219. The largest absolute Gasteiger partial charge is 0.305 e. The van der Waals surface area contributed by atoms with Gasteiger partial charge in [0.2, 0.25) is 0 Å². The van der Waals surface area contributed by atoms with Crippen molar-refractivity contribution >= 4 is 34.9 Å². The van der Waals surface area contributed by atoms with Gasteiger partial charge in [-0.15, -0.1) is 0 Å². The van der Waals surface area contributed by atoms with Gasteiger partial charge in [0.1, 0.15) is 0 Å². The summed E-state index contributed by atoms with van der Waals surface area (Å²) in [4.78, 5) is 12.7. The van der Waals surface area contributed by atoms with E-state index in [-0.39, 0.29) is 5.91 Å². The highest BCUT2D eigenvalue weighted by molar-refractivity contribution is 6.35. The molecule has 0 saturated carbocycles. The summed E-state index contributed by atoms with van der Waals surface area (Å²) in [5, 5.41) is 13.0. The van der Waals surface area contributed by atoms with E-state index < -0.39 is 0 Å². The molecular weight excluding hydrogens is 445 g/mol. The fraction of sp³-hybridized carbons (Fsp3) is 0.208. The topological polar surface area (TPSA) is 64.7 Å². The molecule has 0 unspecified atom stereocenters. The molecule has 0 aliphatic rings. The van der Waals surface area contributed by atoms with E-state index >= 15 is 0 Å². The maximum atomic E-state index is 12.7. The van der Waals surface area contributed by atoms with Crippen LogP contribution in [-0.4, -0.2) is 25.5 Å². The van der Waals surface area contributed by atoms with Crippen LogP contribution in [0.15, 0.2) is 54.6 Å². The van der Waals surface area contributed by atoms with Crippen LogP contribution in [0.3, 0.4) is 0 Å². The van der Waals surface area contributed by atoms with E-state index in [9.17, 15) is 4.79 Å². The Morgan fingerprint density at radius 3 is 2.12 bits per heavy atom. The quantitative estimate of drug-likeness (QED) is 0.397. The van der Waals surface area contributed by atoms with Crippen molar-refractivity contribution in [2.24, 2.45) is 0 Å². The summed E-state index contributed by atoms with van der Waals surface area (Å²) in [6.07, 6.45) is 0. The first-order valence-electron chi connectivity index (χ1n) is 10.2. The lowest BCUT2D eigenvalue weighted by molar-refractivity contribution is 0.102. The predicted octanol–water partition coefficient (Wildman–Crippen LogP) is 5.66. The van der Waals surface area contributed by atoms with Crippen molar-refractivity contribution in [1.82, 2.24) is 19.6 Å². The van der Waals surface area contributed by atoms with Crippen LogP contribution in [0, 0.1) is 20.8 Å². The van der Waals surface area contributed by atoms with Gasteiger partial charge in [-0.2, -0.15) is 10.2 Å². The summed E-state index contributed by atoms with van der Waals surface area (Å²) < 4.78 is 3.71. The zero-order valence-electron chi connectivity index (χ0n) is 18.1. The molecule has 0 bridgehead atoms. The lowest BCUT2D eigenvalue weighted by Gasteiger charge is -2.08. The highest BCUT2D eigenvalue weighted by Crippen LogP contribution is 2.26. The first-order valence-corrected chi connectivity index (χ1v) is 10.9. The minimum atomic E-state index is -0.219. The van der Waals surface area contributed by atoms with Gasteiger partial charge in [0.05, 0.1) is 18.8 Å². The predicted molar refractivity (Wildman–Crippen MR) is 128 cm³/mol. The van der Waals surface area contributed by atoms with Crippen molar-refractivity contribution in [3.8, 4) is 0 Å². The van der Waals surface area contributed by atoms with Crippen LogP contribution in [0.4, 0.5) is 5.82 Å². The molecule has 2 heterocycles. The number of nitrogens with zero attached hydrogens (tertiary/aromatic N) is 4. The number of carbonyl (C=O) groups is 1. The molecule has 4 rings (SSSR count). The number of anilines is 1. The second-order valence-electron chi connectivity index (χ2n) is 7.76. The standard InChI is InChI=1S/C24H23Cl2N5O/c1-15-11-16(2)30(28-15)13-18-7-9-19(10-8-18)24(32)27-23-12-17(3)31(29-23)14-20-21(25)5-4-6-22(20)26/h4-12H,13-14H2,1-3H3,(H,27,29,32). The van der Waals surface area contributed by atoms with E-state index in [1.165, 1.54) is 0 Å². The average Bonchev–Trinajstić information content (AvgIpc) is 3.25. The summed E-state index contributed by atoms with van der Waals surface area (Å²) in [5.74, 6) is 0.255. The maximum absolute atomic E-state index is 12.7. The van der Waals surface area contributed by atoms with Crippen molar-refractivity contribution in [2.75, 3.05) is 5.32 Å². The highest BCUT2D eigenvalue weighted by atomic mass is 35.5. The number of hydrogen-bond donors (Lipinski definition) is 1. The van der Waals surface area contributed by atoms with E-state index in [0.29, 0.717) is 34.5 Å². The molecule has 1 amide bonds. The van der Waals surface area contributed by atoms with E-state index in [2.05, 4.69) is 15.5 Å². The molecule has 0 fully saturated rings. The Hall–Kier alpha value is -3.09. The van der Waals surface area contributed by atoms with Gasteiger partial charge in [-0.3, -0.25) is 14.2 Å². The number of carbonyl (C=O) groups excluding carboxylic acids is 1. The van der Waals surface area contributed by atoms with Gasteiger partial charge in [-0.05, 0) is 56.7 Å². The Balaban J connectivity index is 1.44. The number of halogens is 2. The Morgan fingerprint density at radius 2 is 1.50 bits per heavy atom. The molecule has 1 N–H and O–H groups in total. The second kappa shape index (κ2) is 9.18. The molecule has 0 spiro atoms. The summed E-state index contributed by atoms with van der Waals surface area (Å²) in [6.45, 7) is 7.00.